The van der Waals surface area contributed by atoms with Crippen LogP contribution in [0.25, 0.3) is 0 Å². The third-order valence-corrected chi connectivity index (χ3v) is 4.04. The molecule has 1 nitrogen and oxygen atoms in total. The minimum absolute atomic E-state index is 0.290. The molecule has 1 aromatic rings. The van der Waals surface area contributed by atoms with Gasteiger partial charge in [0.1, 0.15) is 5.82 Å². The van der Waals surface area contributed by atoms with E-state index in [1.54, 1.807) is 6.07 Å². The second-order valence-electron chi connectivity index (χ2n) is 4.57. The van der Waals surface area contributed by atoms with Crippen molar-refractivity contribution in [3.8, 4) is 0 Å². The molecule has 0 amide bonds. The van der Waals surface area contributed by atoms with Crippen LogP contribution in [0.4, 0.5) is 4.39 Å². The molecular weight excluding hydrogens is 260 g/mol. The highest BCUT2D eigenvalue weighted by molar-refractivity contribution is 6.31. The second kappa shape index (κ2) is 6.03. The summed E-state index contributed by atoms with van der Waals surface area (Å²) < 4.78 is 12.9. The second-order valence-corrected chi connectivity index (χ2v) is 5.59. The maximum Gasteiger partial charge on any atom is 0.124 e. The Morgan fingerprint density at radius 3 is 2.59 bits per heavy atom. The summed E-state index contributed by atoms with van der Waals surface area (Å²) in [6.45, 7) is 0.691. The summed E-state index contributed by atoms with van der Waals surface area (Å²) >= 11 is 12.0. The van der Waals surface area contributed by atoms with E-state index in [0.717, 1.165) is 31.2 Å². The first-order valence-corrected chi connectivity index (χ1v) is 6.78. The van der Waals surface area contributed by atoms with Crippen molar-refractivity contribution in [1.29, 1.82) is 0 Å². The quantitative estimate of drug-likeness (QED) is 0.819. The Bertz CT molecular complexity index is 376. The fourth-order valence-electron chi connectivity index (χ4n) is 2.18. The fourth-order valence-corrected chi connectivity index (χ4v) is 2.66. The summed E-state index contributed by atoms with van der Waals surface area (Å²) in [5.74, 6) is -0.290. The molecule has 1 aliphatic carbocycles. The Hall–Kier alpha value is -0.310. The molecule has 0 bridgehead atoms. The lowest BCUT2D eigenvalue weighted by Crippen LogP contribution is -2.33. The van der Waals surface area contributed by atoms with E-state index in [2.05, 4.69) is 5.32 Å². The van der Waals surface area contributed by atoms with Crippen LogP contribution in [0, 0.1) is 5.82 Å². The molecule has 0 aliphatic heterocycles. The van der Waals surface area contributed by atoms with Gasteiger partial charge in [-0.2, -0.15) is 0 Å². The molecular formula is C13H16Cl2FN. The van der Waals surface area contributed by atoms with Crippen molar-refractivity contribution in [3.05, 3.63) is 34.6 Å². The van der Waals surface area contributed by atoms with E-state index in [4.69, 9.17) is 23.2 Å². The Kier molecular flexibility index (Phi) is 4.66. The molecule has 94 valence electrons. The molecule has 1 aromatic carbocycles. The monoisotopic (exact) mass is 275 g/mol. The highest BCUT2D eigenvalue weighted by Crippen LogP contribution is 2.23. The van der Waals surface area contributed by atoms with Crippen LogP contribution in [-0.4, -0.2) is 11.4 Å². The largest absolute Gasteiger partial charge is 0.310 e. The number of alkyl halides is 1. The summed E-state index contributed by atoms with van der Waals surface area (Å²) in [6, 6.07) is 5.04. The van der Waals surface area contributed by atoms with Crippen molar-refractivity contribution in [1.82, 2.24) is 5.32 Å². The van der Waals surface area contributed by atoms with Gasteiger partial charge >= 0.3 is 0 Å². The van der Waals surface area contributed by atoms with Gasteiger partial charge in [-0.3, -0.25) is 0 Å². The van der Waals surface area contributed by atoms with Gasteiger partial charge in [0, 0.05) is 23.0 Å². The Labute approximate surface area is 111 Å². The van der Waals surface area contributed by atoms with E-state index in [-0.39, 0.29) is 5.82 Å². The van der Waals surface area contributed by atoms with E-state index >= 15 is 0 Å². The lowest BCUT2D eigenvalue weighted by Gasteiger charge is -2.26. The zero-order valence-electron chi connectivity index (χ0n) is 9.56. The van der Waals surface area contributed by atoms with Crippen LogP contribution in [0.3, 0.4) is 0 Å². The Morgan fingerprint density at radius 2 is 1.94 bits per heavy atom. The maximum atomic E-state index is 12.9. The fraction of sp³-hybridized carbons (Fsp3) is 0.538. The smallest absolute Gasteiger partial charge is 0.124 e. The van der Waals surface area contributed by atoms with Crippen LogP contribution < -0.4 is 5.32 Å². The molecule has 0 radical (unpaired) electrons. The van der Waals surface area contributed by atoms with Crippen LogP contribution in [0.1, 0.15) is 31.2 Å². The average Bonchev–Trinajstić information content (AvgIpc) is 2.30. The summed E-state index contributed by atoms with van der Waals surface area (Å²) in [5, 5.41) is 4.28. The SMILES string of the molecule is Fc1ccc(CNC2CCC(Cl)CC2)c(Cl)c1. The topological polar surface area (TPSA) is 12.0 Å². The van der Waals surface area contributed by atoms with Crippen molar-refractivity contribution in [2.24, 2.45) is 0 Å². The zero-order chi connectivity index (χ0) is 12.3. The molecule has 0 atom stereocenters. The van der Waals surface area contributed by atoms with Gasteiger partial charge in [-0.25, -0.2) is 4.39 Å². The van der Waals surface area contributed by atoms with Crippen LogP contribution >= 0.6 is 23.2 Å². The molecule has 0 saturated heterocycles. The number of rotatable bonds is 3. The summed E-state index contributed by atoms with van der Waals surface area (Å²) in [7, 11) is 0. The molecule has 1 fully saturated rings. The van der Waals surface area contributed by atoms with Crippen LogP contribution in [0.2, 0.25) is 5.02 Å². The molecule has 1 aliphatic rings. The van der Waals surface area contributed by atoms with E-state index in [1.165, 1.54) is 12.1 Å². The Morgan fingerprint density at radius 1 is 1.24 bits per heavy atom. The molecule has 2 rings (SSSR count). The minimum atomic E-state index is -0.290. The van der Waals surface area contributed by atoms with Gasteiger partial charge in [0.05, 0.1) is 0 Å². The normalized spacial score (nSPS) is 24.9. The van der Waals surface area contributed by atoms with Crippen molar-refractivity contribution >= 4 is 23.2 Å². The zero-order valence-corrected chi connectivity index (χ0v) is 11.1. The first kappa shape index (κ1) is 13.1. The van der Waals surface area contributed by atoms with E-state index in [0.29, 0.717) is 23.0 Å². The summed E-state index contributed by atoms with van der Waals surface area (Å²) in [6.07, 6.45) is 4.34. The van der Waals surface area contributed by atoms with Gasteiger partial charge in [0.2, 0.25) is 0 Å². The number of hydrogen-bond donors (Lipinski definition) is 1. The lowest BCUT2D eigenvalue weighted by molar-refractivity contribution is 0.376. The van der Waals surface area contributed by atoms with Crippen molar-refractivity contribution in [2.45, 2.75) is 43.6 Å². The number of halogens is 3. The van der Waals surface area contributed by atoms with E-state index < -0.39 is 0 Å². The van der Waals surface area contributed by atoms with Crippen LogP contribution in [-0.2, 0) is 6.54 Å². The summed E-state index contributed by atoms with van der Waals surface area (Å²) in [5.41, 5.74) is 0.945. The van der Waals surface area contributed by atoms with Gasteiger partial charge in [0.25, 0.3) is 0 Å². The molecule has 1 saturated carbocycles. The number of nitrogens with one attached hydrogen (secondary N) is 1. The van der Waals surface area contributed by atoms with Crippen molar-refractivity contribution < 1.29 is 4.39 Å². The third kappa shape index (κ3) is 3.84. The average molecular weight is 276 g/mol. The number of hydrogen-bond acceptors (Lipinski definition) is 1. The first-order chi connectivity index (χ1) is 8.15. The van der Waals surface area contributed by atoms with E-state index in [1.807, 2.05) is 0 Å². The first-order valence-electron chi connectivity index (χ1n) is 5.96. The standard InChI is InChI=1S/C13H16Cl2FN/c14-10-2-5-12(6-3-10)17-8-9-1-4-11(16)7-13(9)15/h1,4,7,10,12,17H,2-3,5-6,8H2. The molecule has 17 heavy (non-hydrogen) atoms. The van der Waals surface area contributed by atoms with Crippen LogP contribution in [0.5, 0.6) is 0 Å². The number of benzene rings is 1. The highest BCUT2D eigenvalue weighted by atomic mass is 35.5. The molecule has 0 aromatic heterocycles. The molecule has 4 heteroatoms. The molecule has 0 heterocycles. The van der Waals surface area contributed by atoms with E-state index in [9.17, 15) is 4.39 Å². The van der Waals surface area contributed by atoms with Crippen molar-refractivity contribution in [3.63, 3.8) is 0 Å². The van der Waals surface area contributed by atoms with Gasteiger partial charge in [-0.15, -0.1) is 11.6 Å². The predicted molar refractivity (Wildman–Crippen MR) is 70.1 cm³/mol. The molecule has 0 spiro atoms. The minimum Gasteiger partial charge on any atom is -0.310 e. The predicted octanol–water partition coefficient (Wildman–Crippen LogP) is 4.12. The van der Waals surface area contributed by atoms with Crippen molar-refractivity contribution in [2.75, 3.05) is 0 Å². The maximum absolute atomic E-state index is 12.9. The molecule has 0 unspecified atom stereocenters. The van der Waals surface area contributed by atoms with Gasteiger partial charge in [0.15, 0.2) is 0 Å². The van der Waals surface area contributed by atoms with Crippen LogP contribution in [0.15, 0.2) is 18.2 Å². The lowest BCUT2D eigenvalue weighted by atomic mass is 9.95. The Balaban J connectivity index is 1.85. The summed E-state index contributed by atoms with van der Waals surface area (Å²) in [4.78, 5) is 0. The highest BCUT2D eigenvalue weighted by Gasteiger charge is 2.18. The van der Waals surface area contributed by atoms with Gasteiger partial charge < -0.3 is 5.32 Å². The van der Waals surface area contributed by atoms with Gasteiger partial charge in [-0.1, -0.05) is 17.7 Å². The molecule has 1 N–H and O–H groups in total. The third-order valence-electron chi connectivity index (χ3n) is 3.25. The van der Waals surface area contributed by atoms with Gasteiger partial charge in [-0.05, 0) is 43.4 Å².